The van der Waals surface area contributed by atoms with E-state index in [-0.39, 0.29) is 12.2 Å². The maximum atomic E-state index is 9.24. The van der Waals surface area contributed by atoms with Crippen molar-refractivity contribution >= 4 is 0 Å². The van der Waals surface area contributed by atoms with E-state index in [2.05, 4.69) is 13.0 Å². The zero-order valence-electron chi connectivity index (χ0n) is 8.73. The van der Waals surface area contributed by atoms with Crippen LogP contribution in [0.15, 0.2) is 24.3 Å². The van der Waals surface area contributed by atoms with E-state index in [1.807, 2.05) is 24.3 Å². The molecule has 0 aromatic heterocycles. The Hall–Kier alpha value is -1.02. The van der Waals surface area contributed by atoms with E-state index in [0.717, 1.165) is 12.2 Å². The van der Waals surface area contributed by atoms with Crippen LogP contribution in [-0.2, 0) is 0 Å². The standard InChI is InChI=1S/C12H17O2/c1-3-11(9-10(2)13)14-12-7-5-4-6-8-12/h4-7,10-11,13H,3,9H2,1-2H3. The fourth-order valence-electron chi connectivity index (χ4n) is 1.31. The molecular weight excluding hydrogens is 176 g/mol. The molecule has 1 aromatic rings. The number of para-hydroxylation sites is 1. The Morgan fingerprint density at radius 3 is 2.79 bits per heavy atom. The lowest BCUT2D eigenvalue weighted by molar-refractivity contribution is 0.103. The molecule has 0 bridgehead atoms. The van der Waals surface area contributed by atoms with Crippen LogP contribution >= 0.6 is 0 Å². The predicted octanol–water partition coefficient (Wildman–Crippen LogP) is 2.42. The van der Waals surface area contributed by atoms with Crippen molar-refractivity contribution in [2.24, 2.45) is 0 Å². The SMILES string of the molecule is CCC(CC(C)O)Oc1[c]cccc1. The number of aliphatic hydroxyl groups is 1. The lowest BCUT2D eigenvalue weighted by atomic mass is 10.1. The summed E-state index contributed by atoms with van der Waals surface area (Å²) >= 11 is 0. The van der Waals surface area contributed by atoms with Crippen molar-refractivity contribution in [3.63, 3.8) is 0 Å². The van der Waals surface area contributed by atoms with Crippen LogP contribution < -0.4 is 4.74 Å². The van der Waals surface area contributed by atoms with Gasteiger partial charge in [0, 0.05) is 12.5 Å². The molecule has 0 aliphatic carbocycles. The van der Waals surface area contributed by atoms with E-state index < -0.39 is 0 Å². The molecule has 0 fully saturated rings. The Bertz CT molecular complexity index is 244. The largest absolute Gasteiger partial charge is 0.490 e. The van der Waals surface area contributed by atoms with Gasteiger partial charge >= 0.3 is 0 Å². The number of rotatable bonds is 5. The fraction of sp³-hybridized carbons (Fsp3) is 0.500. The maximum Gasteiger partial charge on any atom is 0.127 e. The summed E-state index contributed by atoms with van der Waals surface area (Å²) in [6.07, 6.45) is 1.32. The van der Waals surface area contributed by atoms with Crippen LogP contribution in [0.25, 0.3) is 0 Å². The molecule has 2 unspecified atom stereocenters. The number of hydrogen-bond donors (Lipinski definition) is 1. The summed E-state index contributed by atoms with van der Waals surface area (Å²) in [5.74, 6) is 0.750. The fourth-order valence-corrected chi connectivity index (χ4v) is 1.31. The van der Waals surface area contributed by atoms with Crippen LogP contribution in [0.1, 0.15) is 26.7 Å². The van der Waals surface area contributed by atoms with Gasteiger partial charge in [-0.3, -0.25) is 0 Å². The van der Waals surface area contributed by atoms with Crippen LogP contribution in [-0.4, -0.2) is 17.3 Å². The Morgan fingerprint density at radius 1 is 1.50 bits per heavy atom. The van der Waals surface area contributed by atoms with Crippen molar-refractivity contribution < 1.29 is 9.84 Å². The van der Waals surface area contributed by atoms with Gasteiger partial charge in [-0.1, -0.05) is 25.1 Å². The van der Waals surface area contributed by atoms with Gasteiger partial charge in [0.2, 0.25) is 0 Å². The maximum absolute atomic E-state index is 9.24. The first kappa shape index (κ1) is 11.1. The zero-order valence-corrected chi connectivity index (χ0v) is 8.73. The van der Waals surface area contributed by atoms with Crippen molar-refractivity contribution in [1.29, 1.82) is 0 Å². The number of hydrogen-bond acceptors (Lipinski definition) is 2. The quantitative estimate of drug-likeness (QED) is 0.778. The van der Waals surface area contributed by atoms with Gasteiger partial charge in [0.1, 0.15) is 11.9 Å². The number of ether oxygens (including phenoxy) is 1. The Kier molecular flexibility index (Phi) is 4.47. The van der Waals surface area contributed by atoms with E-state index in [1.54, 1.807) is 6.92 Å². The lowest BCUT2D eigenvalue weighted by Crippen LogP contribution is -2.20. The Balaban J connectivity index is 2.48. The van der Waals surface area contributed by atoms with E-state index in [1.165, 1.54) is 0 Å². The summed E-state index contributed by atoms with van der Waals surface area (Å²) in [5, 5.41) is 9.24. The molecule has 1 radical (unpaired) electrons. The molecule has 0 aliphatic rings. The van der Waals surface area contributed by atoms with Crippen LogP contribution in [0.3, 0.4) is 0 Å². The average Bonchev–Trinajstić information content (AvgIpc) is 2.17. The van der Waals surface area contributed by atoms with Crippen molar-refractivity contribution in [1.82, 2.24) is 0 Å². The highest BCUT2D eigenvalue weighted by Gasteiger charge is 2.10. The first-order valence-electron chi connectivity index (χ1n) is 5.03. The minimum Gasteiger partial charge on any atom is -0.490 e. The highest BCUT2D eigenvalue weighted by Crippen LogP contribution is 2.14. The van der Waals surface area contributed by atoms with Gasteiger partial charge in [-0.25, -0.2) is 0 Å². The third-order valence-electron chi connectivity index (χ3n) is 2.03. The molecule has 0 aliphatic heterocycles. The second kappa shape index (κ2) is 5.66. The third-order valence-corrected chi connectivity index (χ3v) is 2.03. The van der Waals surface area contributed by atoms with Crippen molar-refractivity contribution in [3.8, 4) is 5.75 Å². The van der Waals surface area contributed by atoms with Crippen molar-refractivity contribution in [3.05, 3.63) is 30.3 Å². The Labute approximate surface area is 85.5 Å². The highest BCUT2D eigenvalue weighted by molar-refractivity contribution is 5.19. The van der Waals surface area contributed by atoms with E-state index in [9.17, 15) is 5.11 Å². The summed E-state index contributed by atoms with van der Waals surface area (Å²) in [7, 11) is 0. The molecule has 14 heavy (non-hydrogen) atoms. The predicted molar refractivity (Wildman–Crippen MR) is 56.3 cm³/mol. The highest BCUT2D eigenvalue weighted by atomic mass is 16.5. The first-order valence-corrected chi connectivity index (χ1v) is 5.03. The smallest absolute Gasteiger partial charge is 0.127 e. The van der Waals surface area contributed by atoms with Crippen molar-refractivity contribution in [2.45, 2.75) is 38.9 Å². The molecular formula is C12H17O2. The molecule has 2 heteroatoms. The minimum absolute atomic E-state index is 0.0775. The van der Waals surface area contributed by atoms with E-state index in [4.69, 9.17) is 4.74 Å². The van der Waals surface area contributed by atoms with E-state index in [0.29, 0.717) is 6.42 Å². The normalized spacial score (nSPS) is 14.8. The van der Waals surface area contributed by atoms with Crippen LogP contribution in [0.2, 0.25) is 0 Å². The molecule has 2 atom stereocenters. The summed E-state index contributed by atoms with van der Waals surface area (Å²) in [4.78, 5) is 0. The van der Waals surface area contributed by atoms with Crippen LogP contribution in [0, 0.1) is 6.07 Å². The molecule has 1 N–H and O–H groups in total. The molecule has 77 valence electrons. The van der Waals surface area contributed by atoms with Crippen molar-refractivity contribution in [2.75, 3.05) is 0 Å². The summed E-state index contributed by atoms with van der Waals surface area (Å²) < 4.78 is 5.66. The molecule has 2 nitrogen and oxygen atoms in total. The lowest BCUT2D eigenvalue weighted by Gasteiger charge is -2.18. The molecule has 0 heterocycles. The van der Waals surface area contributed by atoms with Gasteiger partial charge in [0.15, 0.2) is 0 Å². The molecule has 0 saturated carbocycles. The second-order valence-electron chi connectivity index (χ2n) is 3.46. The van der Waals surface area contributed by atoms with Gasteiger partial charge in [-0.05, 0) is 19.4 Å². The van der Waals surface area contributed by atoms with Gasteiger partial charge in [-0.2, -0.15) is 0 Å². The van der Waals surface area contributed by atoms with Crippen LogP contribution in [0.5, 0.6) is 5.75 Å². The monoisotopic (exact) mass is 193 g/mol. The number of benzene rings is 1. The zero-order chi connectivity index (χ0) is 10.4. The molecule has 1 aromatic carbocycles. The average molecular weight is 193 g/mol. The number of aliphatic hydroxyl groups excluding tert-OH is 1. The first-order chi connectivity index (χ1) is 6.72. The van der Waals surface area contributed by atoms with Gasteiger partial charge in [0.25, 0.3) is 0 Å². The topological polar surface area (TPSA) is 29.5 Å². The van der Waals surface area contributed by atoms with Gasteiger partial charge < -0.3 is 9.84 Å². The molecule has 1 rings (SSSR count). The Morgan fingerprint density at radius 2 is 2.29 bits per heavy atom. The summed E-state index contributed by atoms with van der Waals surface area (Å²) in [5.41, 5.74) is 0. The van der Waals surface area contributed by atoms with E-state index >= 15 is 0 Å². The van der Waals surface area contributed by atoms with Crippen LogP contribution in [0.4, 0.5) is 0 Å². The second-order valence-corrected chi connectivity index (χ2v) is 3.46. The molecule has 0 spiro atoms. The summed E-state index contributed by atoms with van der Waals surface area (Å²) in [6, 6.07) is 10.5. The molecule has 0 saturated heterocycles. The minimum atomic E-state index is -0.316. The molecule has 0 amide bonds. The summed E-state index contributed by atoms with van der Waals surface area (Å²) in [6.45, 7) is 3.83. The third kappa shape index (κ3) is 3.79. The van der Waals surface area contributed by atoms with Gasteiger partial charge in [0.05, 0.1) is 6.10 Å². The van der Waals surface area contributed by atoms with Gasteiger partial charge in [-0.15, -0.1) is 0 Å².